The molecule has 0 spiro atoms. The number of halogens is 2. The highest BCUT2D eigenvalue weighted by atomic mass is 79.9. The fourth-order valence-electron chi connectivity index (χ4n) is 3.61. The van der Waals surface area contributed by atoms with Gasteiger partial charge in [0.1, 0.15) is 17.2 Å². The second-order valence-corrected chi connectivity index (χ2v) is 8.74. The molecule has 33 heavy (non-hydrogen) atoms. The van der Waals surface area contributed by atoms with Gasteiger partial charge in [0.05, 0.1) is 12.2 Å². The summed E-state index contributed by atoms with van der Waals surface area (Å²) in [4.78, 5) is 25.3. The Hall–Kier alpha value is -3.13. The predicted molar refractivity (Wildman–Crippen MR) is 124 cm³/mol. The molecule has 0 N–H and O–H groups in total. The van der Waals surface area contributed by atoms with Crippen molar-refractivity contribution < 1.29 is 28.5 Å². The van der Waals surface area contributed by atoms with Gasteiger partial charge in [-0.25, -0.2) is 4.79 Å². The summed E-state index contributed by atoms with van der Waals surface area (Å²) < 4.78 is 23.0. The number of benzene rings is 3. The molecule has 0 saturated carbocycles. The van der Waals surface area contributed by atoms with Gasteiger partial charge in [0.15, 0.2) is 17.9 Å². The van der Waals surface area contributed by atoms with Gasteiger partial charge >= 0.3 is 5.97 Å². The summed E-state index contributed by atoms with van der Waals surface area (Å²) in [6.07, 6.45) is 1.63. The Kier molecular flexibility index (Phi) is 5.93. The third kappa shape index (κ3) is 4.39. The molecule has 0 aliphatic carbocycles. The van der Waals surface area contributed by atoms with Crippen molar-refractivity contribution in [1.82, 2.24) is 0 Å². The van der Waals surface area contributed by atoms with Gasteiger partial charge in [-0.15, -0.1) is 11.6 Å². The number of Topliss-reactive ketones (excluding diaryl/α,β-unsaturated/α-hetero) is 1. The zero-order valence-corrected chi connectivity index (χ0v) is 19.4. The Morgan fingerprint density at radius 2 is 1.94 bits per heavy atom. The van der Waals surface area contributed by atoms with Crippen LogP contribution in [0.4, 0.5) is 0 Å². The summed E-state index contributed by atoms with van der Waals surface area (Å²) in [6, 6.07) is 17.3. The SMILES string of the molecule is O=C1/C(=C/c2cc(Br)cc3c2OCOC3)Oc2cc(OC(=O)C(Cl)c3ccccc3)ccc21. The first-order valence-corrected chi connectivity index (χ1v) is 11.2. The number of rotatable bonds is 4. The van der Waals surface area contributed by atoms with E-state index in [9.17, 15) is 9.59 Å². The van der Waals surface area contributed by atoms with Crippen LogP contribution in [-0.2, 0) is 16.1 Å². The molecule has 0 aromatic heterocycles. The fourth-order valence-corrected chi connectivity index (χ4v) is 4.33. The molecule has 0 saturated heterocycles. The van der Waals surface area contributed by atoms with Crippen molar-refractivity contribution in [3.8, 4) is 17.2 Å². The molecule has 6 nitrogen and oxygen atoms in total. The molecule has 0 amide bonds. The first-order valence-electron chi connectivity index (χ1n) is 10.0. The number of hydrogen-bond donors (Lipinski definition) is 0. The summed E-state index contributed by atoms with van der Waals surface area (Å²) in [5, 5.41) is -0.954. The monoisotopic (exact) mass is 526 g/mol. The van der Waals surface area contributed by atoms with Gasteiger partial charge in [0.25, 0.3) is 0 Å². The lowest BCUT2D eigenvalue weighted by Gasteiger charge is -2.20. The Labute approximate surface area is 202 Å². The average molecular weight is 528 g/mol. The normalized spacial score (nSPS) is 16.4. The number of carbonyl (C=O) groups is 2. The molecule has 2 heterocycles. The molecule has 0 radical (unpaired) electrons. The average Bonchev–Trinajstić information content (AvgIpc) is 3.13. The van der Waals surface area contributed by atoms with Crippen LogP contribution in [0.5, 0.6) is 17.2 Å². The Bertz CT molecular complexity index is 1290. The summed E-state index contributed by atoms with van der Waals surface area (Å²) in [5.74, 6) is 0.424. The van der Waals surface area contributed by atoms with E-state index in [1.54, 1.807) is 36.4 Å². The van der Waals surface area contributed by atoms with Crippen LogP contribution in [0.1, 0.15) is 32.4 Å². The molecule has 0 fully saturated rings. The highest BCUT2D eigenvalue weighted by Crippen LogP contribution is 2.38. The van der Waals surface area contributed by atoms with E-state index in [-0.39, 0.29) is 24.1 Å². The van der Waals surface area contributed by atoms with Crippen LogP contribution in [0, 0.1) is 0 Å². The van der Waals surface area contributed by atoms with E-state index < -0.39 is 11.3 Å². The van der Waals surface area contributed by atoms with Crippen LogP contribution in [0.3, 0.4) is 0 Å². The van der Waals surface area contributed by atoms with Crippen molar-refractivity contribution in [2.45, 2.75) is 12.0 Å². The second kappa shape index (κ2) is 9.02. The largest absolute Gasteiger partial charge is 0.467 e. The Balaban J connectivity index is 1.38. The zero-order chi connectivity index (χ0) is 22.9. The van der Waals surface area contributed by atoms with Crippen molar-refractivity contribution in [3.05, 3.63) is 93.1 Å². The number of carbonyl (C=O) groups excluding carboxylic acids is 2. The van der Waals surface area contributed by atoms with Gasteiger partial charge in [-0.3, -0.25) is 4.79 Å². The maximum absolute atomic E-state index is 12.9. The number of ketones is 1. The quantitative estimate of drug-likeness (QED) is 0.184. The smallest absolute Gasteiger partial charge is 0.334 e. The number of ether oxygens (including phenoxy) is 4. The van der Waals surface area contributed by atoms with Gasteiger partial charge in [0.2, 0.25) is 5.78 Å². The molecule has 166 valence electrons. The van der Waals surface area contributed by atoms with Crippen LogP contribution in [0.2, 0.25) is 0 Å². The van der Waals surface area contributed by atoms with Gasteiger partial charge in [-0.1, -0.05) is 46.3 Å². The lowest BCUT2D eigenvalue weighted by molar-refractivity contribution is -0.134. The van der Waals surface area contributed by atoms with Crippen molar-refractivity contribution in [2.75, 3.05) is 6.79 Å². The van der Waals surface area contributed by atoms with E-state index in [0.29, 0.717) is 34.8 Å². The molecule has 1 unspecified atom stereocenters. The maximum atomic E-state index is 12.9. The number of fused-ring (bicyclic) bond motifs is 2. The van der Waals surface area contributed by atoms with Crippen molar-refractivity contribution >= 4 is 45.4 Å². The van der Waals surface area contributed by atoms with Gasteiger partial charge in [-0.05, 0) is 35.9 Å². The Morgan fingerprint density at radius 1 is 1.12 bits per heavy atom. The summed E-state index contributed by atoms with van der Waals surface area (Å²) in [5.41, 5.74) is 2.57. The number of allylic oxidation sites excluding steroid dienone is 1. The molecule has 5 rings (SSSR count). The number of hydrogen-bond acceptors (Lipinski definition) is 6. The van der Waals surface area contributed by atoms with Crippen LogP contribution < -0.4 is 14.2 Å². The van der Waals surface area contributed by atoms with E-state index in [4.69, 9.17) is 30.5 Å². The lowest BCUT2D eigenvalue weighted by Crippen LogP contribution is -2.14. The molecule has 3 aromatic carbocycles. The molecule has 0 bridgehead atoms. The fraction of sp³-hybridized carbons (Fsp3) is 0.120. The minimum absolute atomic E-state index is 0.138. The van der Waals surface area contributed by atoms with Crippen LogP contribution in [-0.4, -0.2) is 18.5 Å². The van der Waals surface area contributed by atoms with Crippen molar-refractivity contribution in [2.24, 2.45) is 0 Å². The first kappa shape index (κ1) is 21.7. The zero-order valence-electron chi connectivity index (χ0n) is 17.0. The number of esters is 1. The summed E-state index contributed by atoms with van der Waals surface area (Å²) in [7, 11) is 0. The first-order chi connectivity index (χ1) is 16.0. The molecule has 1 atom stereocenters. The molecular formula is C25H16BrClO6. The number of alkyl halides is 1. The predicted octanol–water partition coefficient (Wildman–Crippen LogP) is 5.82. The summed E-state index contributed by atoms with van der Waals surface area (Å²) in [6.45, 7) is 0.554. The highest BCUT2D eigenvalue weighted by molar-refractivity contribution is 9.10. The molecule has 2 aliphatic rings. The molecular weight excluding hydrogens is 512 g/mol. The van der Waals surface area contributed by atoms with Crippen molar-refractivity contribution in [1.29, 1.82) is 0 Å². The van der Waals surface area contributed by atoms with Crippen LogP contribution in [0.25, 0.3) is 6.08 Å². The maximum Gasteiger partial charge on any atom is 0.334 e. The Morgan fingerprint density at radius 3 is 2.76 bits per heavy atom. The third-order valence-electron chi connectivity index (χ3n) is 5.15. The van der Waals surface area contributed by atoms with Crippen molar-refractivity contribution in [3.63, 3.8) is 0 Å². The molecule has 3 aromatic rings. The van der Waals surface area contributed by atoms with E-state index in [2.05, 4.69) is 15.9 Å². The van der Waals surface area contributed by atoms with E-state index in [1.807, 2.05) is 18.2 Å². The van der Waals surface area contributed by atoms with Crippen LogP contribution in [0.15, 0.2) is 70.9 Å². The lowest BCUT2D eigenvalue weighted by atomic mass is 10.1. The minimum atomic E-state index is -0.954. The topological polar surface area (TPSA) is 71.1 Å². The van der Waals surface area contributed by atoms with Gasteiger partial charge < -0.3 is 18.9 Å². The molecule has 8 heteroatoms. The van der Waals surface area contributed by atoms with E-state index in [1.165, 1.54) is 12.1 Å². The van der Waals surface area contributed by atoms with Gasteiger partial charge in [-0.2, -0.15) is 0 Å². The summed E-state index contributed by atoms with van der Waals surface area (Å²) >= 11 is 9.71. The van der Waals surface area contributed by atoms with Crippen LogP contribution >= 0.6 is 27.5 Å². The minimum Gasteiger partial charge on any atom is -0.467 e. The van der Waals surface area contributed by atoms with E-state index >= 15 is 0 Å². The van der Waals surface area contributed by atoms with Gasteiger partial charge in [0, 0.05) is 21.7 Å². The third-order valence-corrected chi connectivity index (χ3v) is 6.04. The highest BCUT2D eigenvalue weighted by Gasteiger charge is 2.29. The standard InChI is InChI=1S/C25H16BrClO6/c26-17-8-15(24-16(9-17)12-30-13-31-24)10-21-23(28)19-7-6-18(11-20(19)33-21)32-25(29)22(27)14-4-2-1-3-5-14/h1-11,22H,12-13H2/b21-10-. The second-order valence-electron chi connectivity index (χ2n) is 7.39. The van der Waals surface area contributed by atoms with E-state index in [0.717, 1.165) is 10.0 Å². The molecule has 2 aliphatic heterocycles.